The molecule has 0 saturated heterocycles. The smallest absolute Gasteiger partial charge is 0.130 e. The van der Waals surface area contributed by atoms with Gasteiger partial charge in [-0.1, -0.05) is 0 Å². The summed E-state index contributed by atoms with van der Waals surface area (Å²) in [4.78, 5) is 0. The molecule has 60 valence electrons. The van der Waals surface area contributed by atoms with Crippen LogP contribution in [0, 0.1) is 12.7 Å². The van der Waals surface area contributed by atoms with Gasteiger partial charge in [-0.3, -0.25) is 0 Å². The Morgan fingerprint density at radius 1 is 1.45 bits per heavy atom. The minimum Gasteiger partial charge on any atom is -0.496 e. The second-order valence-electron chi connectivity index (χ2n) is 2.33. The molecule has 0 aliphatic carbocycles. The van der Waals surface area contributed by atoms with Crippen LogP contribution in [-0.2, 0) is 0 Å². The van der Waals surface area contributed by atoms with E-state index in [4.69, 9.17) is 4.74 Å². The van der Waals surface area contributed by atoms with Crippen LogP contribution in [0.15, 0.2) is 12.1 Å². The summed E-state index contributed by atoms with van der Waals surface area (Å²) in [5.74, 6) is 0.365. The maximum Gasteiger partial charge on any atom is 0.130 e. The molecule has 0 radical (unpaired) electrons. The van der Waals surface area contributed by atoms with Crippen molar-refractivity contribution < 1.29 is 9.13 Å². The third kappa shape index (κ3) is 1.69. The molecule has 0 bridgehead atoms. The highest BCUT2D eigenvalue weighted by Crippen LogP contribution is 2.18. The zero-order valence-electron chi connectivity index (χ0n) is 6.52. The molecule has 0 aliphatic heterocycles. The van der Waals surface area contributed by atoms with Crippen molar-refractivity contribution in [3.8, 4) is 5.75 Å². The van der Waals surface area contributed by atoms with E-state index in [0.717, 1.165) is 5.30 Å². The summed E-state index contributed by atoms with van der Waals surface area (Å²) >= 11 is 0. The van der Waals surface area contributed by atoms with Crippen LogP contribution < -0.4 is 10.0 Å². The molecule has 0 fully saturated rings. The lowest BCUT2D eigenvalue weighted by atomic mass is 10.2. The number of hydrogen-bond donors (Lipinski definition) is 0. The zero-order valence-corrected chi connectivity index (χ0v) is 7.67. The van der Waals surface area contributed by atoms with E-state index < -0.39 is 0 Å². The van der Waals surface area contributed by atoms with Gasteiger partial charge in [-0.25, -0.2) is 4.39 Å². The SMILES string of the molecule is COc1cc(P)cc(F)c1C. The molecular formula is C8H10FOP. The van der Waals surface area contributed by atoms with Crippen LogP contribution in [0.3, 0.4) is 0 Å². The van der Waals surface area contributed by atoms with Crippen LogP contribution in [0.2, 0.25) is 0 Å². The number of halogens is 1. The highest BCUT2D eigenvalue weighted by Gasteiger charge is 2.04. The van der Waals surface area contributed by atoms with Crippen molar-refractivity contribution in [2.24, 2.45) is 0 Å². The van der Waals surface area contributed by atoms with Crippen LogP contribution in [0.5, 0.6) is 5.75 Å². The van der Waals surface area contributed by atoms with Crippen molar-refractivity contribution in [2.75, 3.05) is 7.11 Å². The van der Waals surface area contributed by atoms with Crippen LogP contribution in [0.25, 0.3) is 0 Å². The van der Waals surface area contributed by atoms with Crippen LogP contribution in [0.1, 0.15) is 5.56 Å². The van der Waals surface area contributed by atoms with Crippen molar-refractivity contribution >= 4 is 14.5 Å². The molecule has 0 heterocycles. The second kappa shape index (κ2) is 3.19. The van der Waals surface area contributed by atoms with Gasteiger partial charge in [0.25, 0.3) is 0 Å². The number of hydrogen-bond acceptors (Lipinski definition) is 1. The molecule has 1 aromatic rings. The molecule has 1 nitrogen and oxygen atoms in total. The Morgan fingerprint density at radius 3 is 2.64 bits per heavy atom. The molecule has 0 amide bonds. The average molecular weight is 172 g/mol. The number of methoxy groups -OCH3 is 1. The molecule has 1 rings (SSSR count). The summed E-state index contributed by atoms with van der Waals surface area (Å²) in [7, 11) is 3.96. The van der Waals surface area contributed by atoms with E-state index >= 15 is 0 Å². The van der Waals surface area contributed by atoms with E-state index in [-0.39, 0.29) is 5.82 Å². The first-order valence-corrected chi connectivity index (χ1v) is 3.82. The Bertz CT molecular complexity index is 273. The maximum absolute atomic E-state index is 12.9. The van der Waals surface area contributed by atoms with Crippen LogP contribution >= 0.6 is 9.24 Å². The minimum absolute atomic E-state index is 0.227. The van der Waals surface area contributed by atoms with Gasteiger partial charge in [-0.2, -0.15) is 0 Å². The highest BCUT2D eigenvalue weighted by molar-refractivity contribution is 7.27. The van der Waals surface area contributed by atoms with E-state index in [1.54, 1.807) is 13.0 Å². The molecule has 0 aliphatic rings. The molecule has 1 aromatic carbocycles. The summed E-state index contributed by atoms with van der Waals surface area (Å²) in [6, 6.07) is 3.24. The standard InChI is InChI=1S/C8H10FOP/c1-5-7(9)3-6(11)4-8(5)10-2/h3-4H,11H2,1-2H3. The first-order valence-electron chi connectivity index (χ1n) is 3.24. The van der Waals surface area contributed by atoms with Crippen LogP contribution in [0.4, 0.5) is 4.39 Å². The Morgan fingerprint density at radius 2 is 2.09 bits per heavy atom. The topological polar surface area (TPSA) is 9.23 Å². The third-order valence-electron chi connectivity index (χ3n) is 1.54. The largest absolute Gasteiger partial charge is 0.496 e. The van der Waals surface area contributed by atoms with Crippen LogP contribution in [-0.4, -0.2) is 7.11 Å². The summed E-state index contributed by atoms with van der Waals surface area (Å²) in [6.07, 6.45) is 0. The second-order valence-corrected chi connectivity index (χ2v) is 3.00. The van der Waals surface area contributed by atoms with Gasteiger partial charge < -0.3 is 4.74 Å². The molecule has 0 spiro atoms. The quantitative estimate of drug-likeness (QED) is 0.585. The van der Waals surface area contributed by atoms with Gasteiger partial charge in [0.2, 0.25) is 0 Å². The molecule has 0 aromatic heterocycles. The number of ether oxygens (including phenoxy) is 1. The molecule has 1 atom stereocenters. The fourth-order valence-corrected chi connectivity index (χ4v) is 1.18. The van der Waals surface area contributed by atoms with Gasteiger partial charge in [-0.05, 0) is 24.4 Å². The molecule has 0 saturated carbocycles. The summed E-state index contributed by atoms with van der Waals surface area (Å²) in [6.45, 7) is 1.69. The Balaban J connectivity index is 3.24. The highest BCUT2D eigenvalue weighted by atomic mass is 31.0. The van der Waals surface area contributed by atoms with Gasteiger partial charge in [-0.15, -0.1) is 9.24 Å². The average Bonchev–Trinajstić information content (AvgIpc) is 1.96. The van der Waals surface area contributed by atoms with Crippen molar-refractivity contribution in [3.05, 3.63) is 23.5 Å². The monoisotopic (exact) mass is 172 g/mol. The Hall–Kier alpha value is -0.620. The molecule has 1 unspecified atom stereocenters. The third-order valence-corrected chi connectivity index (χ3v) is 1.87. The van der Waals surface area contributed by atoms with Gasteiger partial charge in [0.15, 0.2) is 0 Å². The molecule has 3 heteroatoms. The van der Waals surface area contributed by atoms with Crippen molar-refractivity contribution in [1.82, 2.24) is 0 Å². The van der Waals surface area contributed by atoms with E-state index in [1.165, 1.54) is 13.2 Å². The van der Waals surface area contributed by atoms with Gasteiger partial charge in [0.1, 0.15) is 11.6 Å². The molecule has 11 heavy (non-hydrogen) atoms. The van der Waals surface area contributed by atoms with E-state index in [1.807, 2.05) is 0 Å². The van der Waals surface area contributed by atoms with Crippen molar-refractivity contribution in [3.63, 3.8) is 0 Å². The first kappa shape index (κ1) is 8.48. The lowest BCUT2D eigenvalue weighted by Crippen LogP contribution is -1.98. The van der Waals surface area contributed by atoms with E-state index in [2.05, 4.69) is 9.24 Å². The maximum atomic E-state index is 12.9. The summed E-state index contributed by atoms with van der Waals surface area (Å²) < 4.78 is 17.9. The molecule has 0 N–H and O–H groups in total. The van der Waals surface area contributed by atoms with Gasteiger partial charge in [0, 0.05) is 5.56 Å². The fourth-order valence-electron chi connectivity index (χ4n) is 0.886. The van der Waals surface area contributed by atoms with Gasteiger partial charge >= 0.3 is 0 Å². The minimum atomic E-state index is -0.227. The predicted molar refractivity (Wildman–Crippen MR) is 47.0 cm³/mol. The number of rotatable bonds is 1. The zero-order chi connectivity index (χ0) is 8.43. The lowest BCUT2D eigenvalue weighted by Gasteiger charge is -2.05. The first-order chi connectivity index (χ1) is 5.15. The fraction of sp³-hybridized carbons (Fsp3) is 0.250. The van der Waals surface area contributed by atoms with Crippen molar-refractivity contribution in [2.45, 2.75) is 6.92 Å². The summed E-state index contributed by atoms with van der Waals surface area (Å²) in [5.41, 5.74) is 0.554. The normalized spacial score (nSPS) is 9.82. The number of benzene rings is 1. The van der Waals surface area contributed by atoms with Gasteiger partial charge in [0.05, 0.1) is 7.11 Å². The Kier molecular flexibility index (Phi) is 2.45. The lowest BCUT2D eigenvalue weighted by molar-refractivity contribution is 0.408. The van der Waals surface area contributed by atoms with E-state index in [9.17, 15) is 4.39 Å². The summed E-state index contributed by atoms with van der Waals surface area (Å²) in [5, 5.41) is 0.796. The van der Waals surface area contributed by atoms with Crippen molar-refractivity contribution in [1.29, 1.82) is 0 Å². The Labute approximate surface area is 67.8 Å². The molecular weight excluding hydrogens is 162 g/mol. The van der Waals surface area contributed by atoms with E-state index in [0.29, 0.717) is 11.3 Å². The predicted octanol–water partition coefficient (Wildman–Crippen LogP) is 1.64.